The highest BCUT2D eigenvalue weighted by atomic mass is 16.5. The van der Waals surface area contributed by atoms with Crippen LogP contribution < -0.4 is 16.0 Å². The Hall–Kier alpha value is -5.17. The van der Waals surface area contributed by atoms with Gasteiger partial charge in [0.1, 0.15) is 11.4 Å². The van der Waals surface area contributed by atoms with E-state index in [1.165, 1.54) is 16.7 Å². The van der Waals surface area contributed by atoms with E-state index in [0.29, 0.717) is 32.7 Å². The molecule has 288 valence electrons. The second-order valence-corrected chi connectivity index (χ2v) is 14.7. The van der Waals surface area contributed by atoms with Gasteiger partial charge in [0.25, 0.3) is 11.8 Å². The average Bonchev–Trinajstić information content (AvgIpc) is 3.64. The van der Waals surface area contributed by atoms with Gasteiger partial charge in [-0.1, -0.05) is 43.3 Å². The topological polar surface area (TPSA) is 130 Å². The number of benzene rings is 2. The molecule has 55 heavy (non-hydrogen) atoms. The van der Waals surface area contributed by atoms with Crippen LogP contribution in [0.1, 0.15) is 75.6 Å². The molecule has 12 nitrogen and oxygen atoms in total. The standard InChI is InChI=1S/C43H53N9O3/c1-5-37-35(40(47-33-15-21-55-22-16-33)36-27-46-52(6-2)41(36)49-37)26-45-43(54)39-12-8-11-38(48-39)42(53)44-25-30-14-13-29(3)34(24-30)32-10-7-9-31(23-32)28-51-19-17-50(4)18-20-51/h7-14,23-24,27,33H,5-6,15-22,25-26,28H2,1-4H3,(H,44,53)(H,45,54)(H,47,49). The number of anilines is 1. The molecule has 0 bridgehead atoms. The van der Waals surface area contributed by atoms with Gasteiger partial charge in [-0.3, -0.25) is 14.5 Å². The number of aromatic nitrogens is 4. The number of fused-ring (bicyclic) bond motifs is 1. The highest BCUT2D eigenvalue weighted by Crippen LogP contribution is 2.31. The molecule has 3 N–H and O–H groups in total. The lowest BCUT2D eigenvalue weighted by Gasteiger charge is -2.32. The van der Waals surface area contributed by atoms with Crippen molar-refractivity contribution in [2.45, 2.75) is 72.3 Å². The zero-order valence-corrected chi connectivity index (χ0v) is 32.5. The van der Waals surface area contributed by atoms with Gasteiger partial charge in [-0.05, 0) is 92.2 Å². The van der Waals surface area contributed by atoms with Crippen molar-refractivity contribution in [2.24, 2.45) is 0 Å². The van der Waals surface area contributed by atoms with E-state index in [9.17, 15) is 9.59 Å². The first-order valence-electron chi connectivity index (χ1n) is 19.6. The maximum Gasteiger partial charge on any atom is 0.270 e. The zero-order chi connectivity index (χ0) is 38.3. The predicted molar refractivity (Wildman–Crippen MR) is 216 cm³/mol. The van der Waals surface area contributed by atoms with Crippen LogP contribution in [0.25, 0.3) is 22.2 Å². The monoisotopic (exact) mass is 743 g/mol. The van der Waals surface area contributed by atoms with Crippen LogP contribution in [-0.4, -0.2) is 93.8 Å². The van der Waals surface area contributed by atoms with Gasteiger partial charge in [-0.2, -0.15) is 5.10 Å². The summed E-state index contributed by atoms with van der Waals surface area (Å²) in [5, 5.41) is 15.4. The fourth-order valence-corrected chi connectivity index (χ4v) is 7.51. The van der Waals surface area contributed by atoms with E-state index in [-0.39, 0.29) is 35.8 Å². The third-order valence-electron chi connectivity index (χ3n) is 10.8. The van der Waals surface area contributed by atoms with Gasteiger partial charge in [0.05, 0.1) is 17.3 Å². The minimum Gasteiger partial charge on any atom is -0.381 e. The fraction of sp³-hybridized carbons (Fsp3) is 0.419. The Morgan fingerprint density at radius 2 is 1.58 bits per heavy atom. The maximum atomic E-state index is 13.6. The number of aryl methyl sites for hydroxylation is 3. The number of pyridine rings is 2. The van der Waals surface area contributed by atoms with Gasteiger partial charge in [-0.25, -0.2) is 14.6 Å². The molecule has 3 aromatic heterocycles. The molecule has 0 atom stereocenters. The molecule has 0 saturated carbocycles. The van der Waals surface area contributed by atoms with Gasteiger partial charge in [0.2, 0.25) is 0 Å². The Bertz CT molecular complexity index is 2130. The van der Waals surface area contributed by atoms with E-state index in [2.05, 4.69) is 100 Å². The molecule has 7 rings (SSSR count). The van der Waals surface area contributed by atoms with Crippen LogP contribution in [0.15, 0.2) is 66.9 Å². The van der Waals surface area contributed by atoms with Gasteiger partial charge in [0.15, 0.2) is 5.65 Å². The van der Waals surface area contributed by atoms with Crippen molar-refractivity contribution >= 4 is 28.5 Å². The summed E-state index contributed by atoms with van der Waals surface area (Å²) in [6, 6.07) is 20.3. The minimum atomic E-state index is -0.365. The molecule has 2 aromatic carbocycles. The highest BCUT2D eigenvalue weighted by Gasteiger charge is 2.23. The highest BCUT2D eigenvalue weighted by molar-refractivity contribution is 5.97. The first kappa shape index (κ1) is 38.1. The number of nitrogens with zero attached hydrogens (tertiary/aromatic N) is 6. The Morgan fingerprint density at radius 1 is 0.855 bits per heavy atom. The second kappa shape index (κ2) is 17.5. The van der Waals surface area contributed by atoms with E-state index in [1.807, 2.05) is 16.9 Å². The van der Waals surface area contributed by atoms with Crippen LogP contribution in [0.3, 0.4) is 0 Å². The largest absolute Gasteiger partial charge is 0.381 e. The molecule has 0 unspecified atom stereocenters. The molecule has 0 aliphatic carbocycles. The lowest BCUT2D eigenvalue weighted by Crippen LogP contribution is -2.43. The van der Waals surface area contributed by atoms with E-state index < -0.39 is 0 Å². The molecule has 2 saturated heterocycles. The number of carbonyl (C=O) groups excluding carboxylic acids is 2. The molecule has 0 radical (unpaired) electrons. The molecule has 2 aliphatic heterocycles. The summed E-state index contributed by atoms with van der Waals surface area (Å²) in [7, 11) is 2.18. The average molecular weight is 744 g/mol. The smallest absolute Gasteiger partial charge is 0.270 e. The third-order valence-corrected chi connectivity index (χ3v) is 10.8. The van der Waals surface area contributed by atoms with Crippen molar-refractivity contribution in [2.75, 3.05) is 51.8 Å². The lowest BCUT2D eigenvalue weighted by atomic mass is 9.96. The van der Waals surface area contributed by atoms with Crippen molar-refractivity contribution in [3.8, 4) is 11.1 Å². The summed E-state index contributed by atoms with van der Waals surface area (Å²) in [6.07, 6.45) is 4.34. The Morgan fingerprint density at radius 3 is 2.31 bits per heavy atom. The zero-order valence-electron chi connectivity index (χ0n) is 32.5. The summed E-state index contributed by atoms with van der Waals surface area (Å²) < 4.78 is 7.50. The molecular weight excluding hydrogens is 691 g/mol. The minimum absolute atomic E-state index is 0.173. The number of amides is 2. The Labute approximate surface area is 323 Å². The van der Waals surface area contributed by atoms with Crippen LogP contribution in [0, 0.1) is 6.92 Å². The molecular formula is C43H53N9O3. The van der Waals surface area contributed by atoms with Crippen LogP contribution in [-0.2, 0) is 37.3 Å². The molecule has 2 amide bonds. The number of likely N-dealkylation sites (N-methyl/N-ethyl adjacent to an activating group) is 1. The summed E-state index contributed by atoms with van der Waals surface area (Å²) in [5.41, 5.74) is 9.75. The number of hydrogen-bond donors (Lipinski definition) is 3. The number of hydrogen-bond acceptors (Lipinski definition) is 9. The SMILES string of the molecule is CCc1nc2c(cnn2CC)c(NC2CCOCC2)c1CNC(=O)c1cccc(C(=O)NCc2ccc(C)c(-c3cccc(CN4CCN(C)CC4)c3)c2)n1. The summed E-state index contributed by atoms with van der Waals surface area (Å²) in [4.78, 5) is 41.3. The number of ether oxygens (including phenoxy) is 1. The van der Waals surface area contributed by atoms with Crippen molar-refractivity contribution < 1.29 is 14.3 Å². The lowest BCUT2D eigenvalue weighted by molar-refractivity contribution is 0.0904. The first-order valence-corrected chi connectivity index (χ1v) is 19.6. The number of rotatable bonds is 13. The molecule has 12 heteroatoms. The van der Waals surface area contributed by atoms with Crippen LogP contribution in [0.5, 0.6) is 0 Å². The van der Waals surface area contributed by atoms with E-state index in [0.717, 1.165) is 84.7 Å². The Balaban J connectivity index is 1.01. The molecule has 2 fully saturated rings. The van der Waals surface area contributed by atoms with Gasteiger partial charge in [0, 0.05) is 82.9 Å². The molecule has 5 heterocycles. The second-order valence-electron chi connectivity index (χ2n) is 14.7. The van der Waals surface area contributed by atoms with Gasteiger partial charge in [-0.15, -0.1) is 0 Å². The summed E-state index contributed by atoms with van der Waals surface area (Å²) in [6.45, 7) is 14.2. The first-order chi connectivity index (χ1) is 26.8. The molecule has 2 aliphatic rings. The van der Waals surface area contributed by atoms with Crippen molar-refractivity contribution in [3.05, 3.63) is 106 Å². The normalized spacial score (nSPS) is 15.6. The van der Waals surface area contributed by atoms with Crippen LogP contribution in [0.2, 0.25) is 0 Å². The molecule has 5 aromatic rings. The summed E-state index contributed by atoms with van der Waals surface area (Å²) in [5.74, 6) is -0.708. The van der Waals surface area contributed by atoms with Crippen molar-refractivity contribution in [1.29, 1.82) is 0 Å². The number of carbonyl (C=O) groups is 2. The maximum absolute atomic E-state index is 13.6. The van der Waals surface area contributed by atoms with Crippen LogP contribution >= 0.6 is 0 Å². The number of piperazine rings is 1. The Kier molecular flexibility index (Phi) is 12.1. The summed E-state index contributed by atoms with van der Waals surface area (Å²) >= 11 is 0. The van der Waals surface area contributed by atoms with E-state index in [1.54, 1.807) is 18.2 Å². The predicted octanol–water partition coefficient (Wildman–Crippen LogP) is 5.58. The van der Waals surface area contributed by atoms with E-state index in [4.69, 9.17) is 9.72 Å². The van der Waals surface area contributed by atoms with Crippen molar-refractivity contribution in [1.82, 2.24) is 40.2 Å². The van der Waals surface area contributed by atoms with Gasteiger partial charge < -0.3 is 25.6 Å². The third kappa shape index (κ3) is 9.04. The van der Waals surface area contributed by atoms with Gasteiger partial charge >= 0.3 is 0 Å². The fourth-order valence-electron chi connectivity index (χ4n) is 7.51. The number of nitrogens with one attached hydrogen (secondary N) is 3. The van der Waals surface area contributed by atoms with E-state index >= 15 is 0 Å². The quantitative estimate of drug-likeness (QED) is 0.142. The molecule has 0 spiro atoms. The van der Waals surface area contributed by atoms with Crippen molar-refractivity contribution in [3.63, 3.8) is 0 Å². The van der Waals surface area contributed by atoms with Crippen LogP contribution in [0.4, 0.5) is 5.69 Å².